The quantitative estimate of drug-likeness (QED) is 0.610. The summed E-state index contributed by atoms with van der Waals surface area (Å²) in [7, 11) is 0. The number of hydrogen-bond acceptors (Lipinski definition) is 4. The molecule has 3 N–H and O–H groups in total. The fourth-order valence-corrected chi connectivity index (χ4v) is 1.33. The molecule has 0 bridgehead atoms. The lowest BCUT2D eigenvalue weighted by Gasteiger charge is -2.08. The molecule has 0 aromatic heterocycles. The second kappa shape index (κ2) is 7.78. The Balaban J connectivity index is 2.26. The molecule has 0 saturated heterocycles. The standard InChI is InChI=1S/C13H16N2O5/c1-9(16)14-6-7-15-12(17)8-20-11-4-2-10(3-5-11)13(18)19/h2-5H,6-8H2,1H3,(H,14,16)(H,15,17)(H,18,19). The van der Waals surface area contributed by atoms with Gasteiger partial charge < -0.3 is 20.5 Å². The Kier molecular flexibility index (Phi) is 6.02. The molecule has 0 saturated carbocycles. The van der Waals surface area contributed by atoms with Crippen molar-refractivity contribution >= 4 is 17.8 Å². The number of amides is 2. The summed E-state index contributed by atoms with van der Waals surface area (Å²) < 4.78 is 5.19. The number of carbonyl (C=O) groups is 3. The van der Waals surface area contributed by atoms with Crippen molar-refractivity contribution in [3.05, 3.63) is 29.8 Å². The minimum absolute atomic E-state index is 0.150. The van der Waals surface area contributed by atoms with Crippen LogP contribution in [0.1, 0.15) is 17.3 Å². The van der Waals surface area contributed by atoms with E-state index in [9.17, 15) is 14.4 Å². The molecule has 1 aromatic carbocycles. The molecule has 0 heterocycles. The van der Waals surface area contributed by atoms with Crippen LogP contribution in [0.5, 0.6) is 5.75 Å². The number of carboxylic acids is 1. The summed E-state index contributed by atoms with van der Waals surface area (Å²) in [5, 5.41) is 13.8. The normalized spacial score (nSPS) is 9.65. The molecule has 7 nitrogen and oxygen atoms in total. The number of hydrogen-bond donors (Lipinski definition) is 3. The molecule has 1 aromatic rings. The first-order valence-electron chi connectivity index (χ1n) is 5.96. The third-order valence-corrected chi connectivity index (χ3v) is 2.29. The topological polar surface area (TPSA) is 105 Å². The van der Waals surface area contributed by atoms with Crippen molar-refractivity contribution in [3.8, 4) is 5.75 Å². The average Bonchev–Trinajstić information content (AvgIpc) is 2.41. The molecule has 0 aliphatic rings. The summed E-state index contributed by atoms with van der Waals surface area (Å²) >= 11 is 0. The Labute approximate surface area is 115 Å². The number of nitrogens with one attached hydrogen (secondary N) is 2. The summed E-state index contributed by atoms with van der Waals surface area (Å²) in [5.74, 6) is -1.09. The van der Waals surface area contributed by atoms with Gasteiger partial charge in [-0.3, -0.25) is 9.59 Å². The summed E-state index contributed by atoms with van der Waals surface area (Å²) in [5.41, 5.74) is 0.150. The van der Waals surface area contributed by atoms with Gasteiger partial charge in [0.2, 0.25) is 5.91 Å². The Morgan fingerprint density at radius 2 is 1.70 bits per heavy atom. The monoisotopic (exact) mass is 280 g/mol. The van der Waals surface area contributed by atoms with Crippen LogP contribution in [0.25, 0.3) is 0 Å². The van der Waals surface area contributed by atoms with E-state index in [-0.39, 0.29) is 24.0 Å². The van der Waals surface area contributed by atoms with Crippen molar-refractivity contribution in [3.63, 3.8) is 0 Å². The molecule has 2 amide bonds. The van der Waals surface area contributed by atoms with Gasteiger partial charge in [-0.15, -0.1) is 0 Å². The molecule has 0 unspecified atom stereocenters. The molecule has 0 atom stereocenters. The molecule has 0 fully saturated rings. The van der Waals surface area contributed by atoms with E-state index in [2.05, 4.69) is 10.6 Å². The molecular weight excluding hydrogens is 264 g/mol. The smallest absolute Gasteiger partial charge is 0.335 e. The maximum atomic E-state index is 11.4. The molecular formula is C13H16N2O5. The van der Waals surface area contributed by atoms with Crippen LogP contribution >= 0.6 is 0 Å². The van der Waals surface area contributed by atoms with Crippen molar-refractivity contribution in [2.24, 2.45) is 0 Å². The van der Waals surface area contributed by atoms with E-state index < -0.39 is 5.97 Å². The van der Waals surface area contributed by atoms with Gasteiger partial charge in [-0.05, 0) is 24.3 Å². The fourth-order valence-electron chi connectivity index (χ4n) is 1.33. The summed E-state index contributed by atoms with van der Waals surface area (Å²) in [6, 6.07) is 5.75. The van der Waals surface area contributed by atoms with Crippen molar-refractivity contribution in [2.45, 2.75) is 6.92 Å². The van der Waals surface area contributed by atoms with Gasteiger partial charge in [0.05, 0.1) is 5.56 Å². The predicted molar refractivity (Wildman–Crippen MR) is 70.6 cm³/mol. The summed E-state index contributed by atoms with van der Waals surface area (Å²) in [4.78, 5) is 32.6. The van der Waals surface area contributed by atoms with Gasteiger partial charge in [0.25, 0.3) is 5.91 Å². The molecule has 0 aliphatic heterocycles. The van der Waals surface area contributed by atoms with Crippen molar-refractivity contribution in [1.82, 2.24) is 10.6 Å². The number of carbonyl (C=O) groups excluding carboxylic acids is 2. The molecule has 7 heteroatoms. The Hall–Kier alpha value is -2.57. The lowest BCUT2D eigenvalue weighted by molar-refractivity contribution is -0.123. The van der Waals surface area contributed by atoms with E-state index in [0.29, 0.717) is 18.8 Å². The van der Waals surface area contributed by atoms with Crippen LogP contribution in [0.4, 0.5) is 0 Å². The Morgan fingerprint density at radius 3 is 2.25 bits per heavy atom. The Morgan fingerprint density at radius 1 is 1.10 bits per heavy atom. The van der Waals surface area contributed by atoms with Gasteiger partial charge in [0, 0.05) is 20.0 Å². The highest BCUT2D eigenvalue weighted by Crippen LogP contribution is 2.11. The second-order valence-electron chi connectivity index (χ2n) is 3.95. The van der Waals surface area contributed by atoms with Crippen LogP contribution < -0.4 is 15.4 Å². The minimum atomic E-state index is -1.02. The molecule has 1 rings (SSSR count). The fraction of sp³-hybridized carbons (Fsp3) is 0.308. The van der Waals surface area contributed by atoms with Crippen molar-refractivity contribution < 1.29 is 24.2 Å². The summed E-state index contributed by atoms with van der Waals surface area (Å²) in [6.07, 6.45) is 0. The first-order valence-corrected chi connectivity index (χ1v) is 5.96. The van der Waals surface area contributed by atoms with Gasteiger partial charge in [-0.25, -0.2) is 4.79 Å². The largest absolute Gasteiger partial charge is 0.484 e. The van der Waals surface area contributed by atoms with E-state index >= 15 is 0 Å². The van der Waals surface area contributed by atoms with E-state index in [1.165, 1.54) is 31.2 Å². The van der Waals surface area contributed by atoms with E-state index in [0.717, 1.165) is 0 Å². The van der Waals surface area contributed by atoms with Crippen molar-refractivity contribution in [1.29, 1.82) is 0 Å². The van der Waals surface area contributed by atoms with Gasteiger partial charge in [-0.1, -0.05) is 0 Å². The SMILES string of the molecule is CC(=O)NCCNC(=O)COc1ccc(C(=O)O)cc1. The third-order valence-electron chi connectivity index (χ3n) is 2.29. The number of benzene rings is 1. The number of aromatic carboxylic acids is 1. The molecule has 108 valence electrons. The predicted octanol–water partition coefficient (Wildman–Crippen LogP) is 0.0159. The zero-order valence-corrected chi connectivity index (χ0v) is 11.0. The lowest BCUT2D eigenvalue weighted by Crippen LogP contribution is -2.36. The van der Waals surface area contributed by atoms with Gasteiger partial charge >= 0.3 is 5.97 Å². The van der Waals surface area contributed by atoms with E-state index in [4.69, 9.17) is 9.84 Å². The highest BCUT2D eigenvalue weighted by atomic mass is 16.5. The van der Waals surface area contributed by atoms with E-state index in [1.807, 2.05) is 0 Å². The first kappa shape index (κ1) is 15.5. The maximum Gasteiger partial charge on any atom is 0.335 e. The number of carboxylic acid groups (broad SMARTS) is 1. The van der Waals surface area contributed by atoms with Crippen LogP contribution in [0.3, 0.4) is 0 Å². The lowest BCUT2D eigenvalue weighted by atomic mass is 10.2. The van der Waals surface area contributed by atoms with Crippen LogP contribution in [0.2, 0.25) is 0 Å². The van der Waals surface area contributed by atoms with Gasteiger partial charge in [0.1, 0.15) is 5.75 Å². The van der Waals surface area contributed by atoms with Crippen LogP contribution in [0, 0.1) is 0 Å². The number of ether oxygens (including phenoxy) is 1. The minimum Gasteiger partial charge on any atom is -0.484 e. The van der Waals surface area contributed by atoms with Gasteiger partial charge in [-0.2, -0.15) is 0 Å². The van der Waals surface area contributed by atoms with Gasteiger partial charge in [0.15, 0.2) is 6.61 Å². The second-order valence-corrected chi connectivity index (χ2v) is 3.95. The highest BCUT2D eigenvalue weighted by Gasteiger charge is 2.04. The van der Waals surface area contributed by atoms with E-state index in [1.54, 1.807) is 0 Å². The summed E-state index contributed by atoms with van der Waals surface area (Å²) in [6.45, 7) is 1.90. The molecule has 0 spiro atoms. The Bertz CT molecular complexity index is 484. The average molecular weight is 280 g/mol. The zero-order valence-electron chi connectivity index (χ0n) is 11.0. The third kappa shape index (κ3) is 5.85. The maximum absolute atomic E-state index is 11.4. The zero-order chi connectivity index (χ0) is 15.0. The van der Waals surface area contributed by atoms with Crippen LogP contribution in [-0.4, -0.2) is 42.6 Å². The molecule has 20 heavy (non-hydrogen) atoms. The molecule has 0 radical (unpaired) electrons. The molecule has 0 aliphatic carbocycles. The van der Waals surface area contributed by atoms with Crippen LogP contribution in [0.15, 0.2) is 24.3 Å². The first-order chi connectivity index (χ1) is 9.49. The highest BCUT2D eigenvalue weighted by molar-refractivity contribution is 5.87. The van der Waals surface area contributed by atoms with Crippen LogP contribution in [-0.2, 0) is 9.59 Å². The number of rotatable bonds is 7. The van der Waals surface area contributed by atoms with Crippen molar-refractivity contribution in [2.75, 3.05) is 19.7 Å².